The Hall–Kier alpha value is -0.580. The highest BCUT2D eigenvalue weighted by atomic mass is 32.2. The summed E-state index contributed by atoms with van der Waals surface area (Å²) in [5.74, 6) is 0.451. The summed E-state index contributed by atoms with van der Waals surface area (Å²) in [5, 5.41) is 8.17. The molecular formula is C5H8FN3S. The van der Waals surface area contributed by atoms with Gasteiger partial charge in [-0.15, -0.1) is 10.2 Å². The largest absolute Gasteiger partial charge is 0.312 e. The number of nitrogens with zero attached hydrogens (tertiary/aromatic N) is 3. The van der Waals surface area contributed by atoms with Gasteiger partial charge in [-0.3, -0.25) is 4.39 Å². The third-order valence-electron chi connectivity index (χ3n) is 0.978. The molecular weight excluding hydrogens is 153 g/mol. The fourth-order valence-electron chi connectivity index (χ4n) is 0.533. The molecule has 5 heteroatoms. The maximum atomic E-state index is 11.6. The molecule has 0 fully saturated rings. The van der Waals surface area contributed by atoms with E-state index in [2.05, 4.69) is 10.2 Å². The molecule has 0 aliphatic carbocycles. The highest BCUT2D eigenvalue weighted by Crippen LogP contribution is 2.11. The lowest BCUT2D eigenvalue weighted by Gasteiger charge is -1.94. The lowest BCUT2D eigenvalue weighted by molar-refractivity contribution is 0.532. The molecule has 0 radical (unpaired) electrons. The van der Waals surface area contributed by atoms with Crippen molar-refractivity contribution in [1.82, 2.24) is 14.8 Å². The van der Waals surface area contributed by atoms with E-state index in [4.69, 9.17) is 0 Å². The number of thioether (sulfide) groups is 1. The van der Waals surface area contributed by atoms with Gasteiger partial charge in [-0.25, -0.2) is 0 Å². The van der Waals surface area contributed by atoms with Crippen molar-refractivity contribution in [2.75, 3.05) is 12.4 Å². The Morgan fingerprint density at radius 2 is 2.60 bits per heavy atom. The molecule has 1 aromatic heterocycles. The summed E-state index contributed by atoms with van der Waals surface area (Å²) in [4.78, 5) is 0. The van der Waals surface area contributed by atoms with Gasteiger partial charge in [-0.1, -0.05) is 11.8 Å². The molecule has 56 valence electrons. The first-order valence-electron chi connectivity index (χ1n) is 2.87. The molecule has 0 atom stereocenters. The summed E-state index contributed by atoms with van der Waals surface area (Å²) in [6.45, 7) is -0.322. The minimum absolute atomic E-state index is 0.322. The standard InChI is InChI=1S/C5H8FN3S/c1-9-4-7-8-5(9)10-3-2-6/h4H,2-3H2,1H3. The number of hydrogen-bond acceptors (Lipinski definition) is 3. The molecule has 0 aromatic carbocycles. The molecule has 0 spiro atoms. The van der Waals surface area contributed by atoms with Crippen LogP contribution >= 0.6 is 11.8 Å². The van der Waals surface area contributed by atoms with Gasteiger partial charge in [0.2, 0.25) is 0 Å². The van der Waals surface area contributed by atoms with Gasteiger partial charge < -0.3 is 4.57 Å². The minimum atomic E-state index is -0.322. The molecule has 1 heterocycles. The van der Waals surface area contributed by atoms with E-state index < -0.39 is 0 Å². The maximum absolute atomic E-state index is 11.6. The predicted octanol–water partition coefficient (Wildman–Crippen LogP) is 0.877. The van der Waals surface area contributed by atoms with E-state index in [-0.39, 0.29) is 6.67 Å². The van der Waals surface area contributed by atoms with Gasteiger partial charge >= 0.3 is 0 Å². The summed E-state index contributed by atoms with van der Waals surface area (Å²) in [5.41, 5.74) is 0. The Labute approximate surface area is 62.6 Å². The van der Waals surface area contributed by atoms with Crippen molar-refractivity contribution in [2.45, 2.75) is 5.16 Å². The van der Waals surface area contributed by atoms with Crippen LogP contribution in [0.3, 0.4) is 0 Å². The fourth-order valence-corrected chi connectivity index (χ4v) is 1.15. The third-order valence-corrected chi connectivity index (χ3v) is 1.96. The second kappa shape index (κ2) is 3.55. The highest BCUT2D eigenvalue weighted by Gasteiger charge is 1.98. The predicted molar refractivity (Wildman–Crippen MR) is 37.7 cm³/mol. The van der Waals surface area contributed by atoms with Crippen LogP contribution in [0.15, 0.2) is 11.5 Å². The molecule has 0 bridgehead atoms. The maximum Gasteiger partial charge on any atom is 0.190 e. The Balaban J connectivity index is 2.49. The van der Waals surface area contributed by atoms with Crippen LogP contribution in [-0.2, 0) is 7.05 Å². The van der Waals surface area contributed by atoms with E-state index in [0.29, 0.717) is 5.75 Å². The quantitative estimate of drug-likeness (QED) is 0.616. The lowest BCUT2D eigenvalue weighted by Crippen LogP contribution is -1.90. The van der Waals surface area contributed by atoms with Gasteiger partial charge in [0.15, 0.2) is 5.16 Å². The fraction of sp³-hybridized carbons (Fsp3) is 0.600. The van der Waals surface area contributed by atoms with Crippen LogP contribution in [0.2, 0.25) is 0 Å². The van der Waals surface area contributed by atoms with Crippen molar-refractivity contribution < 1.29 is 4.39 Å². The normalized spacial score (nSPS) is 10.2. The van der Waals surface area contributed by atoms with Crippen LogP contribution in [0.4, 0.5) is 4.39 Å². The van der Waals surface area contributed by atoms with Crippen LogP contribution in [-0.4, -0.2) is 27.2 Å². The second-order valence-electron chi connectivity index (χ2n) is 1.76. The molecule has 0 saturated heterocycles. The molecule has 0 N–H and O–H groups in total. The van der Waals surface area contributed by atoms with Gasteiger partial charge in [0.1, 0.15) is 6.33 Å². The summed E-state index contributed by atoms with van der Waals surface area (Å²) in [7, 11) is 1.83. The van der Waals surface area contributed by atoms with Crippen LogP contribution in [0, 0.1) is 0 Å². The van der Waals surface area contributed by atoms with E-state index in [9.17, 15) is 4.39 Å². The van der Waals surface area contributed by atoms with Crippen molar-refractivity contribution in [2.24, 2.45) is 7.05 Å². The van der Waals surface area contributed by atoms with Gasteiger partial charge in [0.05, 0.1) is 6.67 Å². The number of aryl methyl sites for hydroxylation is 1. The van der Waals surface area contributed by atoms with Crippen LogP contribution in [0.5, 0.6) is 0 Å². The van der Waals surface area contributed by atoms with E-state index in [1.54, 1.807) is 10.9 Å². The molecule has 10 heavy (non-hydrogen) atoms. The van der Waals surface area contributed by atoms with E-state index in [1.807, 2.05) is 7.05 Å². The van der Waals surface area contributed by atoms with Crippen LogP contribution in [0.1, 0.15) is 0 Å². The average molecular weight is 161 g/mol. The van der Waals surface area contributed by atoms with Gasteiger partial charge in [-0.2, -0.15) is 0 Å². The Kier molecular flexibility index (Phi) is 2.68. The zero-order chi connectivity index (χ0) is 7.40. The second-order valence-corrected chi connectivity index (χ2v) is 2.82. The Morgan fingerprint density at radius 1 is 1.80 bits per heavy atom. The molecule has 0 amide bonds. The molecule has 3 nitrogen and oxygen atoms in total. The minimum Gasteiger partial charge on any atom is -0.312 e. The van der Waals surface area contributed by atoms with Crippen LogP contribution in [0.25, 0.3) is 0 Å². The monoisotopic (exact) mass is 161 g/mol. The Bertz CT molecular complexity index is 201. The first-order chi connectivity index (χ1) is 4.84. The number of alkyl halides is 1. The van der Waals surface area contributed by atoms with Crippen molar-refractivity contribution in [3.05, 3.63) is 6.33 Å². The van der Waals surface area contributed by atoms with Crippen molar-refractivity contribution in [3.8, 4) is 0 Å². The van der Waals surface area contributed by atoms with Gasteiger partial charge in [0.25, 0.3) is 0 Å². The summed E-state index contributed by atoms with van der Waals surface area (Å²) in [6, 6.07) is 0. The van der Waals surface area contributed by atoms with E-state index >= 15 is 0 Å². The number of rotatable bonds is 3. The first kappa shape index (κ1) is 7.53. The van der Waals surface area contributed by atoms with Crippen LogP contribution < -0.4 is 0 Å². The Morgan fingerprint density at radius 3 is 3.10 bits per heavy atom. The summed E-state index contributed by atoms with van der Waals surface area (Å²) >= 11 is 1.37. The lowest BCUT2D eigenvalue weighted by atomic mass is 10.9. The molecule has 0 unspecified atom stereocenters. The number of aromatic nitrogens is 3. The SMILES string of the molecule is Cn1cnnc1SCCF. The zero-order valence-electron chi connectivity index (χ0n) is 5.62. The molecule has 1 rings (SSSR count). The van der Waals surface area contributed by atoms with Crippen molar-refractivity contribution >= 4 is 11.8 Å². The zero-order valence-corrected chi connectivity index (χ0v) is 6.44. The van der Waals surface area contributed by atoms with Gasteiger partial charge in [-0.05, 0) is 0 Å². The van der Waals surface area contributed by atoms with E-state index in [1.165, 1.54) is 11.8 Å². The first-order valence-corrected chi connectivity index (χ1v) is 3.86. The summed E-state index contributed by atoms with van der Waals surface area (Å²) in [6.07, 6.45) is 1.60. The molecule has 1 aromatic rings. The smallest absolute Gasteiger partial charge is 0.190 e. The third kappa shape index (κ3) is 1.70. The number of halogens is 1. The van der Waals surface area contributed by atoms with Crippen molar-refractivity contribution in [1.29, 1.82) is 0 Å². The topological polar surface area (TPSA) is 30.7 Å². The molecule has 0 aliphatic rings. The molecule has 0 saturated carbocycles. The highest BCUT2D eigenvalue weighted by molar-refractivity contribution is 7.99. The molecule has 0 aliphatic heterocycles. The van der Waals surface area contributed by atoms with Crippen molar-refractivity contribution in [3.63, 3.8) is 0 Å². The van der Waals surface area contributed by atoms with Gasteiger partial charge in [0, 0.05) is 12.8 Å². The van der Waals surface area contributed by atoms with E-state index in [0.717, 1.165) is 5.16 Å². The summed E-state index contributed by atoms with van der Waals surface area (Å²) < 4.78 is 13.4. The number of hydrogen-bond donors (Lipinski definition) is 0. The average Bonchev–Trinajstić information content (AvgIpc) is 2.31.